The number of hydrogen-bond donors (Lipinski definition) is 2. The Kier molecular flexibility index (Phi) is 5.28. The number of benzene rings is 3. The summed E-state index contributed by atoms with van der Waals surface area (Å²) in [7, 11) is 0. The van der Waals surface area contributed by atoms with Crippen molar-refractivity contribution in [1.82, 2.24) is 19.9 Å². The first-order valence-electron chi connectivity index (χ1n) is 11.4. The molecule has 1 aliphatic heterocycles. The first-order valence-corrected chi connectivity index (χ1v) is 11.8. The minimum Gasteiger partial charge on any atom is -0.354 e. The van der Waals surface area contributed by atoms with E-state index in [1.165, 1.54) is 16.5 Å². The average molecular weight is 467 g/mol. The molecule has 6 rings (SSSR count). The Balaban J connectivity index is 1.33. The van der Waals surface area contributed by atoms with E-state index < -0.39 is 0 Å². The number of H-pyrrole nitrogens is 2. The predicted molar refractivity (Wildman–Crippen MR) is 137 cm³/mol. The fourth-order valence-electron chi connectivity index (χ4n) is 4.80. The summed E-state index contributed by atoms with van der Waals surface area (Å²) < 4.78 is 0. The lowest BCUT2D eigenvalue weighted by Crippen LogP contribution is -2.35. The van der Waals surface area contributed by atoms with Crippen LogP contribution in [0, 0.1) is 0 Å². The van der Waals surface area contributed by atoms with Crippen molar-refractivity contribution < 1.29 is 0 Å². The third kappa shape index (κ3) is 3.83. The van der Waals surface area contributed by atoms with Crippen LogP contribution in [-0.2, 0) is 19.5 Å². The summed E-state index contributed by atoms with van der Waals surface area (Å²) in [5.41, 5.74) is 7.11. The third-order valence-corrected chi connectivity index (χ3v) is 6.78. The molecule has 0 spiro atoms. The molecule has 6 heteroatoms. The Morgan fingerprint density at radius 3 is 2.47 bits per heavy atom. The first kappa shape index (κ1) is 20.9. The van der Waals surface area contributed by atoms with E-state index in [1.807, 2.05) is 30.3 Å². The SMILES string of the molecule is O=c1[nH]c(-c2ccc(Cl)cc2)nc2c1CN(Cc1c(-c3ccccc3)[nH]c3ccccc13)CC2. The number of halogens is 1. The smallest absolute Gasteiger partial charge is 0.255 e. The van der Waals surface area contributed by atoms with Crippen LogP contribution in [0.2, 0.25) is 5.02 Å². The highest BCUT2D eigenvalue weighted by molar-refractivity contribution is 6.30. The van der Waals surface area contributed by atoms with Crippen molar-refractivity contribution in [1.29, 1.82) is 0 Å². The van der Waals surface area contributed by atoms with Crippen LogP contribution in [0.25, 0.3) is 33.5 Å². The molecule has 3 heterocycles. The van der Waals surface area contributed by atoms with Crippen LogP contribution in [0.4, 0.5) is 0 Å². The second kappa shape index (κ2) is 8.60. The molecule has 2 aromatic heterocycles. The molecule has 0 aliphatic carbocycles. The number of nitrogens with zero attached hydrogens (tertiary/aromatic N) is 2. The van der Waals surface area contributed by atoms with Gasteiger partial charge in [0.25, 0.3) is 5.56 Å². The summed E-state index contributed by atoms with van der Waals surface area (Å²) in [5, 5.41) is 1.88. The quantitative estimate of drug-likeness (QED) is 0.352. The largest absolute Gasteiger partial charge is 0.354 e. The van der Waals surface area contributed by atoms with Gasteiger partial charge in [-0.05, 0) is 41.5 Å². The van der Waals surface area contributed by atoms with Crippen LogP contribution in [0.15, 0.2) is 83.7 Å². The molecule has 168 valence electrons. The van der Waals surface area contributed by atoms with Gasteiger partial charge in [-0.1, -0.05) is 60.1 Å². The topological polar surface area (TPSA) is 64.8 Å². The standard InChI is InChI=1S/C28H23ClN4O/c29-20-12-10-19(11-13-20)27-31-25-14-15-33(17-23(25)28(34)32-27)16-22-21-8-4-5-9-24(21)30-26(22)18-6-2-1-3-7-18/h1-13,30H,14-17H2,(H,31,32,34). The number of fused-ring (bicyclic) bond motifs is 2. The van der Waals surface area contributed by atoms with Gasteiger partial charge in [-0.2, -0.15) is 0 Å². The molecule has 0 saturated heterocycles. The lowest BCUT2D eigenvalue weighted by molar-refractivity contribution is 0.243. The summed E-state index contributed by atoms with van der Waals surface area (Å²) in [6.07, 6.45) is 0.739. The number of aromatic nitrogens is 3. The van der Waals surface area contributed by atoms with Gasteiger partial charge in [0.2, 0.25) is 0 Å². The van der Waals surface area contributed by atoms with E-state index in [0.717, 1.165) is 47.5 Å². The monoisotopic (exact) mass is 466 g/mol. The zero-order valence-electron chi connectivity index (χ0n) is 18.5. The molecular formula is C28H23ClN4O. The molecule has 5 aromatic rings. The highest BCUT2D eigenvalue weighted by Gasteiger charge is 2.24. The van der Waals surface area contributed by atoms with Crippen molar-refractivity contribution in [3.8, 4) is 22.6 Å². The Labute approximate surface area is 202 Å². The summed E-state index contributed by atoms with van der Waals surface area (Å²) in [6, 6.07) is 26.2. The van der Waals surface area contributed by atoms with Gasteiger partial charge in [0.1, 0.15) is 5.82 Å². The van der Waals surface area contributed by atoms with Crippen molar-refractivity contribution >= 4 is 22.5 Å². The van der Waals surface area contributed by atoms with Crippen LogP contribution in [-0.4, -0.2) is 26.4 Å². The number of nitrogens with one attached hydrogen (secondary N) is 2. The van der Waals surface area contributed by atoms with Crippen LogP contribution in [0.5, 0.6) is 0 Å². The number of hydrogen-bond acceptors (Lipinski definition) is 3. The summed E-state index contributed by atoms with van der Waals surface area (Å²) in [6.45, 7) is 2.18. The molecular weight excluding hydrogens is 444 g/mol. The molecule has 0 atom stereocenters. The maximum Gasteiger partial charge on any atom is 0.255 e. The molecule has 0 unspecified atom stereocenters. The lowest BCUT2D eigenvalue weighted by atomic mass is 10.0. The molecule has 0 saturated carbocycles. The highest BCUT2D eigenvalue weighted by Crippen LogP contribution is 2.32. The van der Waals surface area contributed by atoms with Crippen LogP contribution >= 0.6 is 11.6 Å². The minimum absolute atomic E-state index is 0.0677. The van der Waals surface area contributed by atoms with E-state index in [1.54, 1.807) is 0 Å². The zero-order valence-corrected chi connectivity index (χ0v) is 19.3. The van der Waals surface area contributed by atoms with E-state index in [2.05, 4.69) is 63.4 Å². The van der Waals surface area contributed by atoms with Gasteiger partial charge in [-0.15, -0.1) is 0 Å². The minimum atomic E-state index is -0.0677. The van der Waals surface area contributed by atoms with Gasteiger partial charge in [0, 0.05) is 47.5 Å². The first-order chi connectivity index (χ1) is 16.7. The van der Waals surface area contributed by atoms with Crippen LogP contribution in [0.1, 0.15) is 16.8 Å². The van der Waals surface area contributed by atoms with E-state index in [0.29, 0.717) is 17.4 Å². The summed E-state index contributed by atoms with van der Waals surface area (Å²) in [4.78, 5) is 26.7. The maximum atomic E-state index is 13.0. The van der Waals surface area contributed by atoms with E-state index >= 15 is 0 Å². The Morgan fingerprint density at radius 2 is 1.65 bits per heavy atom. The predicted octanol–water partition coefficient (Wildman–Crippen LogP) is 5.80. The molecule has 34 heavy (non-hydrogen) atoms. The van der Waals surface area contributed by atoms with Gasteiger partial charge >= 0.3 is 0 Å². The van der Waals surface area contributed by atoms with E-state index in [4.69, 9.17) is 16.6 Å². The lowest BCUT2D eigenvalue weighted by Gasteiger charge is -2.28. The van der Waals surface area contributed by atoms with Gasteiger partial charge in [0.05, 0.1) is 17.0 Å². The van der Waals surface area contributed by atoms with Gasteiger partial charge < -0.3 is 9.97 Å². The van der Waals surface area contributed by atoms with Crippen LogP contribution < -0.4 is 5.56 Å². The summed E-state index contributed by atoms with van der Waals surface area (Å²) >= 11 is 6.01. The molecule has 5 nitrogen and oxygen atoms in total. The number of rotatable bonds is 4. The number of para-hydroxylation sites is 1. The zero-order chi connectivity index (χ0) is 23.1. The van der Waals surface area contributed by atoms with E-state index in [9.17, 15) is 4.79 Å². The van der Waals surface area contributed by atoms with Gasteiger partial charge in [0.15, 0.2) is 0 Å². The molecule has 2 N–H and O–H groups in total. The van der Waals surface area contributed by atoms with Crippen molar-refractivity contribution in [3.63, 3.8) is 0 Å². The summed E-state index contributed by atoms with van der Waals surface area (Å²) in [5.74, 6) is 0.594. The van der Waals surface area contributed by atoms with Gasteiger partial charge in [-0.3, -0.25) is 9.69 Å². The van der Waals surface area contributed by atoms with Crippen molar-refractivity contribution in [2.75, 3.05) is 6.54 Å². The van der Waals surface area contributed by atoms with Crippen molar-refractivity contribution in [2.24, 2.45) is 0 Å². The second-order valence-corrected chi connectivity index (χ2v) is 9.13. The number of aromatic amines is 2. The van der Waals surface area contributed by atoms with Crippen LogP contribution in [0.3, 0.4) is 0 Å². The van der Waals surface area contributed by atoms with Crippen molar-refractivity contribution in [2.45, 2.75) is 19.5 Å². The fourth-order valence-corrected chi connectivity index (χ4v) is 4.93. The molecule has 0 radical (unpaired) electrons. The highest BCUT2D eigenvalue weighted by atomic mass is 35.5. The average Bonchev–Trinajstić information content (AvgIpc) is 3.23. The molecule has 1 aliphatic rings. The van der Waals surface area contributed by atoms with E-state index in [-0.39, 0.29) is 5.56 Å². The Bertz CT molecular complexity index is 1540. The molecule has 0 amide bonds. The Hall–Kier alpha value is -3.67. The fraction of sp³-hybridized carbons (Fsp3) is 0.143. The maximum absolute atomic E-state index is 13.0. The molecule has 0 bridgehead atoms. The molecule has 3 aromatic carbocycles. The van der Waals surface area contributed by atoms with Gasteiger partial charge in [-0.25, -0.2) is 4.98 Å². The molecule has 0 fully saturated rings. The Morgan fingerprint density at radius 1 is 0.882 bits per heavy atom. The second-order valence-electron chi connectivity index (χ2n) is 8.70. The normalized spacial score (nSPS) is 13.8. The van der Waals surface area contributed by atoms with Crippen molar-refractivity contribution in [3.05, 3.63) is 111 Å². The third-order valence-electron chi connectivity index (χ3n) is 6.52.